The third-order valence-corrected chi connectivity index (χ3v) is 9.83. The monoisotopic (exact) mass is 513 g/mol. The van der Waals surface area contributed by atoms with Crippen molar-refractivity contribution in [2.45, 2.75) is 34.2 Å². The van der Waals surface area contributed by atoms with Gasteiger partial charge in [0.25, 0.3) is 5.91 Å². The van der Waals surface area contributed by atoms with Crippen LogP contribution < -0.4 is 5.32 Å². The van der Waals surface area contributed by atoms with Crippen molar-refractivity contribution in [1.29, 1.82) is 0 Å². The lowest BCUT2D eigenvalue weighted by Gasteiger charge is -2.49. The summed E-state index contributed by atoms with van der Waals surface area (Å²) in [7, 11) is -1.48. The number of aryl methyl sites for hydroxylation is 1. The Bertz CT molecular complexity index is 1100. The van der Waals surface area contributed by atoms with Crippen LogP contribution in [0, 0.1) is 0 Å². The standard InChI is InChI=1S/C18H19N5O5S4/c1-2-22-18(19-9-20-22)31-7-10-6-30-16-13(15(25)23(16)14(10)17(26)27)21-11(24)8-32(28)12-4-3-5-29-12/h3-5,9,13,16H,2,6-8H2,1H3,(H,21,24)(H,26,27). The number of β-lactam (4-membered cyclic amide) rings is 1. The quantitative estimate of drug-likeness (QED) is 0.372. The second kappa shape index (κ2) is 9.77. The van der Waals surface area contributed by atoms with E-state index < -0.39 is 40.0 Å². The van der Waals surface area contributed by atoms with E-state index >= 15 is 0 Å². The van der Waals surface area contributed by atoms with E-state index in [4.69, 9.17) is 0 Å². The van der Waals surface area contributed by atoms with E-state index in [9.17, 15) is 23.7 Å². The molecule has 3 unspecified atom stereocenters. The molecule has 2 aromatic rings. The van der Waals surface area contributed by atoms with Crippen molar-refractivity contribution >= 4 is 63.4 Å². The zero-order valence-electron chi connectivity index (χ0n) is 16.8. The van der Waals surface area contributed by atoms with Crippen LogP contribution in [0.3, 0.4) is 0 Å². The Hall–Kier alpha value is -2.16. The fourth-order valence-corrected chi connectivity index (χ4v) is 7.71. The first-order valence-corrected chi connectivity index (χ1v) is 13.8. The lowest BCUT2D eigenvalue weighted by molar-refractivity contribution is -0.150. The Kier molecular flexibility index (Phi) is 7.02. The number of carboxylic acids is 1. The number of carboxylic acid groups (broad SMARTS) is 1. The smallest absolute Gasteiger partial charge is 0.352 e. The number of nitrogens with zero attached hydrogens (tertiary/aromatic N) is 4. The number of rotatable bonds is 9. The third-order valence-electron chi connectivity index (χ3n) is 4.80. The molecule has 0 aromatic carbocycles. The Labute approximate surface area is 198 Å². The number of aromatic nitrogens is 3. The third kappa shape index (κ3) is 4.49. The minimum Gasteiger partial charge on any atom is -0.477 e. The minimum atomic E-state index is -1.48. The van der Waals surface area contributed by atoms with Crippen molar-refractivity contribution in [2.24, 2.45) is 0 Å². The Morgan fingerprint density at radius 3 is 2.94 bits per heavy atom. The summed E-state index contributed by atoms with van der Waals surface area (Å²) >= 11 is 4.06. The van der Waals surface area contributed by atoms with Crippen LogP contribution in [0.5, 0.6) is 0 Å². The molecule has 0 radical (unpaired) electrons. The van der Waals surface area contributed by atoms with E-state index in [2.05, 4.69) is 15.4 Å². The van der Waals surface area contributed by atoms with Gasteiger partial charge in [-0.05, 0) is 23.9 Å². The Morgan fingerprint density at radius 1 is 1.44 bits per heavy atom. The van der Waals surface area contributed by atoms with Gasteiger partial charge in [-0.15, -0.1) is 23.1 Å². The fourth-order valence-electron chi connectivity index (χ4n) is 3.33. The van der Waals surface area contributed by atoms with Gasteiger partial charge in [-0.3, -0.25) is 18.7 Å². The maximum atomic E-state index is 12.7. The Morgan fingerprint density at radius 2 is 2.25 bits per heavy atom. The zero-order valence-corrected chi connectivity index (χ0v) is 20.1. The number of thioether (sulfide) groups is 2. The molecule has 2 aliphatic heterocycles. The van der Waals surface area contributed by atoms with E-state index in [1.165, 1.54) is 46.1 Å². The van der Waals surface area contributed by atoms with Gasteiger partial charge >= 0.3 is 5.97 Å². The van der Waals surface area contributed by atoms with E-state index in [1.807, 2.05) is 6.92 Å². The number of fused-ring (bicyclic) bond motifs is 1. The maximum absolute atomic E-state index is 12.7. The number of hydrogen-bond donors (Lipinski definition) is 2. The number of hydrogen-bond acceptors (Lipinski definition) is 9. The zero-order chi connectivity index (χ0) is 22.8. The van der Waals surface area contributed by atoms with E-state index in [1.54, 1.807) is 22.2 Å². The molecule has 170 valence electrons. The molecule has 0 bridgehead atoms. The number of nitrogens with one attached hydrogen (secondary N) is 1. The van der Waals surface area contributed by atoms with Crippen LogP contribution in [0.15, 0.2) is 44.5 Å². The number of thiophene rings is 1. The van der Waals surface area contributed by atoms with Crippen molar-refractivity contribution < 1.29 is 23.7 Å². The number of carbonyl (C=O) groups excluding carboxylic acids is 2. The van der Waals surface area contributed by atoms with Gasteiger partial charge in [0.15, 0.2) is 5.16 Å². The Balaban J connectivity index is 1.42. The molecule has 32 heavy (non-hydrogen) atoms. The normalized spacial score (nSPS) is 21.2. The topological polar surface area (TPSA) is 134 Å². The molecular weight excluding hydrogens is 494 g/mol. The maximum Gasteiger partial charge on any atom is 0.352 e. The number of amides is 2. The highest BCUT2D eigenvalue weighted by Crippen LogP contribution is 2.41. The summed E-state index contributed by atoms with van der Waals surface area (Å²) in [6.45, 7) is 2.58. The molecule has 0 saturated carbocycles. The van der Waals surface area contributed by atoms with Crippen molar-refractivity contribution in [2.75, 3.05) is 17.3 Å². The van der Waals surface area contributed by atoms with Crippen LogP contribution in [-0.2, 0) is 31.7 Å². The van der Waals surface area contributed by atoms with Crippen LogP contribution in [-0.4, -0.2) is 75.4 Å². The second-order valence-electron chi connectivity index (χ2n) is 6.78. The summed E-state index contributed by atoms with van der Waals surface area (Å²) in [5, 5.41) is 18.4. The first kappa shape index (κ1) is 23.0. The molecule has 1 fully saturated rings. The fraction of sp³-hybridized carbons (Fsp3) is 0.389. The molecule has 14 heteroatoms. The molecule has 2 N–H and O–H groups in total. The first-order chi connectivity index (χ1) is 15.4. The van der Waals surface area contributed by atoms with Gasteiger partial charge in [0.2, 0.25) is 5.91 Å². The van der Waals surface area contributed by atoms with Crippen LogP contribution >= 0.6 is 34.9 Å². The highest BCUT2D eigenvalue weighted by Gasteiger charge is 2.54. The van der Waals surface area contributed by atoms with Crippen LogP contribution in [0.2, 0.25) is 0 Å². The first-order valence-electron chi connectivity index (χ1n) is 9.52. The van der Waals surface area contributed by atoms with Crippen LogP contribution in [0.25, 0.3) is 0 Å². The molecule has 0 aliphatic carbocycles. The van der Waals surface area contributed by atoms with Gasteiger partial charge < -0.3 is 10.4 Å². The molecular formula is C18H19N5O5S4. The highest BCUT2D eigenvalue weighted by atomic mass is 32.2. The summed E-state index contributed by atoms with van der Waals surface area (Å²) in [5.41, 5.74) is 0.577. The van der Waals surface area contributed by atoms with Crippen molar-refractivity contribution in [3.05, 3.63) is 35.1 Å². The van der Waals surface area contributed by atoms with Gasteiger partial charge in [-0.2, -0.15) is 5.10 Å². The molecule has 4 rings (SSSR count). The SMILES string of the molecule is CCn1ncnc1SCC1=C(C(=O)O)N2C(=O)C(NC(=O)CS(=O)c3cccs3)C2SC1. The predicted molar refractivity (Wildman–Crippen MR) is 122 cm³/mol. The largest absolute Gasteiger partial charge is 0.477 e. The van der Waals surface area contributed by atoms with Crippen LogP contribution in [0.1, 0.15) is 6.92 Å². The molecule has 2 aromatic heterocycles. The molecule has 2 aliphatic rings. The average Bonchev–Trinajstić information content (AvgIpc) is 3.47. The molecule has 4 heterocycles. The van der Waals surface area contributed by atoms with Crippen molar-refractivity contribution in [3.8, 4) is 0 Å². The summed E-state index contributed by atoms with van der Waals surface area (Å²) < 4.78 is 14.5. The number of aliphatic carboxylic acids is 1. The summed E-state index contributed by atoms with van der Waals surface area (Å²) in [4.78, 5) is 42.4. The number of carbonyl (C=O) groups is 3. The molecule has 1 saturated heterocycles. The summed E-state index contributed by atoms with van der Waals surface area (Å²) in [6, 6.07) is 2.61. The molecule has 10 nitrogen and oxygen atoms in total. The average molecular weight is 514 g/mol. The van der Waals surface area contributed by atoms with Gasteiger partial charge in [0.1, 0.15) is 29.2 Å². The van der Waals surface area contributed by atoms with E-state index in [-0.39, 0.29) is 11.4 Å². The van der Waals surface area contributed by atoms with E-state index in [0.29, 0.717) is 33.0 Å². The molecule has 2 amide bonds. The summed E-state index contributed by atoms with van der Waals surface area (Å²) in [5.74, 6) is -1.63. The van der Waals surface area contributed by atoms with E-state index in [0.717, 1.165) is 0 Å². The van der Waals surface area contributed by atoms with Gasteiger partial charge in [0, 0.05) is 18.1 Å². The minimum absolute atomic E-state index is 0.0403. The van der Waals surface area contributed by atoms with Crippen molar-refractivity contribution in [3.63, 3.8) is 0 Å². The van der Waals surface area contributed by atoms with Gasteiger partial charge in [-0.1, -0.05) is 17.8 Å². The van der Waals surface area contributed by atoms with Crippen LogP contribution in [0.4, 0.5) is 0 Å². The van der Waals surface area contributed by atoms with Crippen molar-refractivity contribution in [1.82, 2.24) is 25.0 Å². The van der Waals surface area contributed by atoms with Gasteiger partial charge in [0.05, 0.1) is 15.0 Å². The second-order valence-corrected chi connectivity index (χ2v) is 11.5. The predicted octanol–water partition coefficient (Wildman–Crippen LogP) is 0.998. The summed E-state index contributed by atoms with van der Waals surface area (Å²) in [6.07, 6.45) is 1.45. The van der Waals surface area contributed by atoms with Gasteiger partial charge in [-0.25, -0.2) is 14.5 Å². The lowest BCUT2D eigenvalue weighted by atomic mass is 10.0. The highest BCUT2D eigenvalue weighted by molar-refractivity contribution is 8.01. The lowest BCUT2D eigenvalue weighted by Crippen LogP contribution is -2.70. The molecule has 3 atom stereocenters. The molecule has 0 spiro atoms.